The summed E-state index contributed by atoms with van der Waals surface area (Å²) >= 11 is 0. The Morgan fingerprint density at radius 1 is 0.410 bits per heavy atom. The second-order valence-electron chi connectivity index (χ2n) is 19.2. The van der Waals surface area contributed by atoms with E-state index in [1.54, 1.807) is 0 Å². The lowest BCUT2D eigenvalue weighted by molar-refractivity contribution is 0.331. The van der Waals surface area contributed by atoms with E-state index in [2.05, 4.69) is 233 Å². The van der Waals surface area contributed by atoms with Crippen molar-refractivity contribution in [1.29, 1.82) is 0 Å². The van der Waals surface area contributed by atoms with Gasteiger partial charge in [-0.05, 0) is 123 Å². The lowest BCUT2D eigenvalue weighted by Gasteiger charge is -2.42. The highest BCUT2D eigenvalue weighted by atomic mass is 15.1. The van der Waals surface area contributed by atoms with Crippen LogP contribution in [-0.4, -0.2) is 4.57 Å². The summed E-state index contributed by atoms with van der Waals surface area (Å²) in [5.41, 5.74) is 20.5. The lowest BCUT2D eigenvalue weighted by Crippen LogP contribution is -2.34. The minimum atomic E-state index is -0.160. The van der Waals surface area contributed by atoms with Crippen LogP contribution in [0.5, 0.6) is 0 Å². The van der Waals surface area contributed by atoms with Gasteiger partial charge < -0.3 is 9.47 Å². The van der Waals surface area contributed by atoms with Gasteiger partial charge >= 0.3 is 0 Å². The molecule has 2 aliphatic rings. The summed E-state index contributed by atoms with van der Waals surface area (Å²) in [6.07, 6.45) is 2.39. The molecule has 61 heavy (non-hydrogen) atoms. The number of anilines is 3. The highest BCUT2D eigenvalue weighted by molar-refractivity contribution is 6.10. The molecule has 0 spiro atoms. The van der Waals surface area contributed by atoms with Crippen molar-refractivity contribution >= 4 is 38.9 Å². The molecule has 1 aromatic heterocycles. The number of hydrogen-bond acceptors (Lipinski definition) is 1. The molecule has 2 heteroatoms. The Morgan fingerprint density at radius 3 is 1.80 bits per heavy atom. The van der Waals surface area contributed by atoms with Crippen LogP contribution in [0.3, 0.4) is 0 Å². The maximum absolute atomic E-state index is 2.60. The Bertz CT molecular complexity index is 3160. The van der Waals surface area contributed by atoms with Crippen molar-refractivity contribution in [1.82, 2.24) is 4.57 Å². The molecule has 0 saturated heterocycles. The molecular weight excluding hydrogens is 737 g/mol. The fourth-order valence-corrected chi connectivity index (χ4v) is 10.8. The first-order valence-electron chi connectivity index (χ1n) is 22.0. The zero-order valence-electron chi connectivity index (χ0n) is 36.1. The third-order valence-electron chi connectivity index (χ3n) is 14.2. The third-order valence-corrected chi connectivity index (χ3v) is 14.2. The van der Waals surface area contributed by atoms with Crippen LogP contribution < -0.4 is 4.90 Å². The molecule has 2 aliphatic carbocycles. The quantitative estimate of drug-likeness (QED) is 0.163. The molecule has 9 aromatic rings. The van der Waals surface area contributed by atoms with E-state index in [1.807, 2.05) is 0 Å². The fourth-order valence-electron chi connectivity index (χ4n) is 10.8. The fraction of sp³-hybridized carbons (Fsp3) is 0.186. The van der Waals surface area contributed by atoms with E-state index in [0.717, 1.165) is 17.1 Å². The SMILES string of the molecule is CC1(C)CCC(C)(C)c2cc3c(cc21)-c1c(N(c2cccc(-c4ccc5c6ccccc6n(-c6ccccc6)c5c4)c2)c2ccccc2-c2ccccc2)cccc1C3(C)C. The van der Waals surface area contributed by atoms with Gasteiger partial charge in [0.2, 0.25) is 0 Å². The molecular formula is C59H52N2. The Labute approximate surface area is 360 Å². The summed E-state index contributed by atoms with van der Waals surface area (Å²) < 4.78 is 2.41. The van der Waals surface area contributed by atoms with Crippen LogP contribution >= 0.6 is 0 Å². The van der Waals surface area contributed by atoms with E-state index in [0.29, 0.717) is 0 Å². The van der Waals surface area contributed by atoms with Gasteiger partial charge in [-0.2, -0.15) is 0 Å². The minimum absolute atomic E-state index is 0.100. The standard InChI is InChI=1S/C59H52N2/c1-57(2)33-34-58(3,4)51-38-49-47(37-50(51)57)56-48(59(49,5)6)27-18-30-54(56)61(52-28-15-13-25-44(52)39-19-9-7-10-20-39)43-24-17-21-40(35-43)41-31-32-46-45-26-14-16-29-53(45)60(55(46)36-41)42-22-11-8-12-23-42/h7-32,35-38H,33-34H2,1-6H3. The lowest BCUT2D eigenvalue weighted by atomic mass is 9.62. The van der Waals surface area contributed by atoms with Gasteiger partial charge in [-0.1, -0.05) is 169 Å². The van der Waals surface area contributed by atoms with E-state index < -0.39 is 0 Å². The maximum Gasteiger partial charge on any atom is 0.0547 e. The van der Waals surface area contributed by atoms with E-state index in [-0.39, 0.29) is 16.2 Å². The molecule has 0 fully saturated rings. The minimum Gasteiger partial charge on any atom is -0.309 e. The van der Waals surface area contributed by atoms with Crippen molar-refractivity contribution in [3.63, 3.8) is 0 Å². The first-order valence-corrected chi connectivity index (χ1v) is 22.0. The van der Waals surface area contributed by atoms with Crippen LogP contribution in [0.25, 0.3) is 60.9 Å². The van der Waals surface area contributed by atoms with Gasteiger partial charge in [-0.3, -0.25) is 0 Å². The van der Waals surface area contributed by atoms with Crippen molar-refractivity contribution < 1.29 is 0 Å². The van der Waals surface area contributed by atoms with Gasteiger partial charge in [0.15, 0.2) is 0 Å². The van der Waals surface area contributed by atoms with Crippen LogP contribution in [-0.2, 0) is 16.2 Å². The van der Waals surface area contributed by atoms with Crippen molar-refractivity contribution in [3.8, 4) is 39.1 Å². The number of fused-ring (bicyclic) bond motifs is 7. The Hall–Kier alpha value is -6.64. The molecule has 2 nitrogen and oxygen atoms in total. The summed E-state index contributed by atoms with van der Waals surface area (Å²) in [7, 11) is 0. The average Bonchev–Trinajstić information content (AvgIpc) is 3.74. The van der Waals surface area contributed by atoms with Crippen molar-refractivity contribution in [2.75, 3.05) is 4.90 Å². The van der Waals surface area contributed by atoms with Crippen molar-refractivity contribution in [2.45, 2.75) is 70.6 Å². The Kier molecular flexibility index (Phi) is 8.39. The molecule has 0 atom stereocenters. The van der Waals surface area contributed by atoms with Crippen LogP contribution in [0, 0.1) is 0 Å². The average molecular weight is 789 g/mol. The predicted molar refractivity (Wildman–Crippen MR) is 259 cm³/mol. The number of hydrogen-bond donors (Lipinski definition) is 0. The summed E-state index contributed by atoms with van der Waals surface area (Å²) in [6.45, 7) is 14.7. The maximum atomic E-state index is 2.60. The number of benzene rings is 8. The second kappa shape index (κ2) is 13.7. The molecule has 0 saturated carbocycles. The number of rotatable bonds is 6. The summed E-state index contributed by atoms with van der Waals surface area (Å²) in [5.74, 6) is 0. The molecule has 8 aromatic carbocycles. The highest BCUT2D eigenvalue weighted by Crippen LogP contribution is 2.58. The number of para-hydroxylation sites is 3. The van der Waals surface area contributed by atoms with Crippen molar-refractivity contribution in [3.05, 3.63) is 204 Å². The largest absolute Gasteiger partial charge is 0.309 e. The van der Waals surface area contributed by atoms with Crippen LogP contribution in [0.2, 0.25) is 0 Å². The topological polar surface area (TPSA) is 8.17 Å². The van der Waals surface area contributed by atoms with E-state index >= 15 is 0 Å². The molecule has 0 N–H and O–H groups in total. The van der Waals surface area contributed by atoms with Gasteiger partial charge in [-0.25, -0.2) is 0 Å². The molecule has 1 heterocycles. The monoisotopic (exact) mass is 788 g/mol. The molecule has 0 aliphatic heterocycles. The Morgan fingerprint density at radius 2 is 1.02 bits per heavy atom. The molecule has 0 unspecified atom stereocenters. The predicted octanol–water partition coefficient (Wildman–Crippen LogP) is 16.2. The zero-order valence-corrected chi connectivity index (χ0v) is 36.1. The summed E-state index contributed by atoms with van der Waals surface area (Å²) in [5, 5.41) is 2.52. The molecule has 298 valence electrons. The van der Waals surface area contributed by atoms with Gasteiger partial charge in [0.1, 0.15) is 0 Å². The van der Waals surface area contributed by atoms with Gasteiger partial charge in [0, 0.05) is 38.7 Å². The number of nitrogens with zero attached hydrogens (tertiary/aromatic N) is 2. The van der Waals surface area contributed by atoms with E-state index in [9.17, 15) is 0 Å². The highest BCUT2D eigenvalue weighted by Gasteiger charge is 2.43. The van der Waals surface area contributed by atoms with Gasteiger partial charge in [-0.15, -0.1) is 0 Å². The van der Waals surface area contributed by atoms with Crippen LogP contribution in [0.1, 0.15) is 76.6 Å². The smallest absolute Gasteiger partial charge is 0.0547 e. The summed E-state index contributed by atoms with van der Waals surface area (Å²) in [6, 6.07) is 67.8. The van der Waals surface area contributed by atoms with Crippen LogP contribution in [0.15, 0.2) is 182 Å². The zero-order chi connectivity index (χ0) is 41.7. The summed E-state index contributed by atoms with van der Waals surface area (Å²) in [4.78, 5) is 2.55. The molecule has 0 radical (unpaired) electrons. The van der Waals surface area contributed by atoms with Crippen LogP contribution in [0.4, 0.5) is 17.1 Å². The van der Waals surface area contributed by atoms with Crippen molar-refractivity contribution in [2.24, 2.45) is 0 Å². The molecule has 0 bridgehead atoms. The first kappa shape index (κ1) is 37.4. The normalized spacial score (nSPS) is 15.6. The van der Waals surface area contributed by atoms with E-state index in [4.69, 9.17) is 0 Å². The Balaban J connectivity index is 1.15. The second-order valence-corrected chi connectivity index (χ2v) is 19.2. The van der Waals surface area contributed by atoms with Gasteiger partial charge in [0.05, 0.1) is 22.4 Å². The van der Waals surface area contributed by atoms with E-state index in [1.165, 1.54) is 96.0 Å². The molecule has 11 rings (SSSR count). The molecule has 0 amide bonds. The number of aromatic nitrogens is 1. The first-order chi connectivity index (χ1) is 29.5. The van der Waals surface area contributed by atoms with Gasteiger partial charge in [0.25, 0.3) is 0 Å². The third kappa shape index (κ3) is 5.83.